The summed E-state index contributed by atoms with van der Waals surface area (Å²) in [5, 5.41) is 10.3. The second-order valence-electron chi connectivity index (χ2n) is 6.73. The average molecular weight is 300 g/mol. The van der Waals surface area contributed by atoms with Crippen LogP contribution in [0, 0.1) is 0 Å². The van der Waals surface area contributed by atoms with Gasteiger partial charge < -0.3 is 14.6 Å². The fourth-order valence-corrected chi connectivity index (χ4v) is 1.92. The number of rotatable bonds is 9. The Kier molecular flexibility index (Phi) is 7.10. The number of carbonyl (C=O) groups excluding carboxylic acids is 1. The second-order valence-corrected chi connectivity index (χ2v) is 6.73. The maximum atomic E-state index is 11.4. The summed E-state index contributed by atoms with van der Waals surface area (Å²) in [5.74, 6) is -0.377. The van der Waals surface area contributed by atoms with Crippen molar-refractivity contribution in [2.45, 2.75) is 84.5 Å². The lowest BCUT2D eigenvalue weighted by atomic mass is 9.86. The third-order valence-corrected chi connectivity index (χ3v) is 4.37. The molecule has 21 heavy (non-hydrogen) atoms. The van der Waals surface area contributed by atoms with Crippen LogP contribution in [0.25, 0.3) is 0 Å². The van der Waals surface area contributed by atoms with Gasteiger partial charge in [-0.25, -0.2) is 4.79 Å². The molecule has 1 N–H and O–H groups in total. The molecular weight excluding hydrogens is 268 g/mol. The Morgan fingerprint density at radius 3 is 1.95 bits per heavy atom. The first kappa shape index (κ1) is 20.1. The molecule has 0 aliphatic carbocycles. The van der Waals surface area contributed by atoms with E-state index in [0.717, 1.165) is 12.8 Å². The van der Waals surface area contributed by atoms with Crippen LogP contribution in [-0.4, -0.2) is 34.5 Å². The van der Waals surface area contributed by atoms with Gasteiger partial charge in [0.2, 0.25) is 0 Å². The first-order valence-electron chi connectivity index (χ1n) is 7.66. The van der Waals surface area contributed by atoms with Gasteiger partial charge in [-0.1, -0.05) is 20.4 Å². The normalized spacial score (nSPS) is 13.1. The first-order valence-corrected chi connectivity index (χ1v) is 7.66. The monoisotopic (exact) mass is 300 g/mol. The van der Waals surface area contributed by atoms with Crippen molar-refractivity contribution in [3.63, 3.8) is 0 Å². The molecule has 0 spiro atoms. The molecule has 0 radical (unpaired) electrons. The van der Waals surface area contributed by atoms with Crippen LogP contribution < -0.4 is 0 Å². The van der Waals surface area contributed by atoms with Crippen LogP contribution in [0.3, 0.4) is 0 Å². The van der Waals surface area contributed by atoms with Crippen LogP contribution in [0.1, 0.15) is 67.7 Å². The Labute approximate surface area is 129 Å². The van der Waals surface area contributed by atoms with Gasteiger partial charge in [0.25, 0.3) is 0 Å². The van der Waals surface area contributed by atoms with Crippen LogP contribution in [0.2, 0.25) is 0 Å². The van der Waals surface area contributed by atoms with Crippen molar-refractivity contribution in [2.75, 3.05) is 6.61 Å². The standard InChI is InChI=1S/C17H32O4/c1-9-17(10-2,11-12-20-14(18)13(3)4)21-16(7,8)15(5,6)19/h19H,3,9-12H2,1-2,4-8H3. The van der Waals surface area contributed by atoms with E-state index in [2.05, 4.69) is 6.58 Å². The van der Waals surface area contributed by atoms with Crippen LogP contribution >= 0.6 is 0 Å². The molecule has 0 saturated carbocycles. The maximum Gasteiger partial charge on any atom is 0.333 e. The number of aliphatic hydroxyl groups is 1. The molecule has 0 aromatic heterocycles. The van der Waals surface area contributed by atoms with Crippen LogP contribution in [0.15, 0.2) is 12.2 Å². The molecule has 0 aliphatic heterocycles. The van der Waals surface area contributed by atoms with Gasteiger partial charge in [0, 0.05) is 12.0 Å². The third-order valence-electron chi connectivity index (χ3n) is 4.37. The van der Waals surface area contributed by atoms with Gasteiger partial charge in [0.05, 0.1) is 23.4 Å². The molecule has 0 aliphatic rings. The lowest BCUT2D eigenvalue weighted by Gasteiger charge is -2.45. The Hall–Kier alpha value is -0.870. The summed E-state index contributed by atoms with van der Waals surface area (Å²) < 4.78 is 11.4. The van der Waals surface area contributed by atoms with E-state index in [4.69, 9.17) is 9.47 Å². The molecule has 0 unspecified atom stereocenters. The van der Waals surface area contributed by atoms with Crippen molar-refractivity contribution in [1.29, 1.82) is 0 Å². The van der Waals surface area contributed by atoms with E-state index in [1.165, 1.54) is 0 Å². The molecule has 4 nitrogen and oxygen atoms in total. The molecule has 0 bridgehead atoms. The van der Waals surface area contributed by atoms with Gasteiger partial charge in [0.1, 0.15) is 0 Å². The summed E-state index contributed by atoms with van der Waals surface area (Å²) in [4.78, 5) is 11.4. The predicted octanol–water partition coefficient (Wildman–Crippen LogP) is 3.62. The Bertz CT molecular complexity index is 359. The topological polar surface area (TPSA) is 55.8 Å². The summed E-state index contributed by atoms with van der Waals surface area (Å²) in [6.45, 7) is 16.8. The van der Waals surface area contributed by atoms with Crippen LogP contribution in [0.4, 0.5) is 0 Å². The first-order chi connectivity index (χ1) is 9.41. The minimum absolute atomic E-state index is 0.287. The number of ether oxygens (including phenoxy) is 2. The number of hydrogen-bond acceptors (Lipinski definition) is 4. The molecule has 0 saturated heterocycles. The van der Waals surface area contributed by atoms with E-state index in [9.17, 15) is 9.90 Å². The fraction of sp³-hybridized carbons (Fsp3) is 0.824. The zero-order chi connectivity index (χ0) is 16.9. The fourth-order valence-electron chi connectivity index (χ4n) is 1.92. The van der Waals surface area contributed by atoms with Crippen LogP contribution in [0.5, 0.6) is 0 Å². The third kappa shape index (κ3) is 5.79. The summed E-state index contributed by atoms with van der Waals surface area (Å²) in [6.07, 6.45) is 2.17. The Morgan fingerprint density at radius 1 is 1.14 bits per heavy atom. The van der Waals surface area contributed by atoms with Gasteiger partial charge in [-0.2, -0.15) is 0 Å². The highest BCUT2D eigenvalue weighted by Crippen LogP contribution is 2.35. The van der Waals surface area contributed by atoms with Gasteiger partial charge in [-0.05, 0) is 47.5 Å². The molecule has 0 rings (SSSR count). The summed E-state index contributed by atoms with van der Waals surface area (Å²) in [6, 6.07) is 0. The van der Waals surface area contributed by atoms with Gasteiger partial charge in [0.15, 0.2) is 0 Å². The van der Waals surface area contributed by atoms with Crippen LogP contribution in [-0.2, 0) is 14.3 Å². The van der Waals surface area contributed by atoms with Crippen molar-refractivity contribution in [1.82, 2.24) is 0 Å². The minimum Gasteiger partial charge on any atom is -0.462 e. The molecule has 0 aromatic rings. The molecular formula is C17H32O4. The number of carbonyl (C=O) groups is 1. The molecule has 4 heteroatoms. The molecule has 124 valence electrons. The van der Waals surface area contributed by atoms with E-state index in [0.29, 0.717) is 12.0 Å². The molecule has 0 amide bonds. The zero-order valence-corrected chi connectivity index (χ0v) is 14.7. The van der Waals surface area contributed by atoms with Gasteiger partial charge in [-0.3, -0.25) is 0 Å². The van der Waals surface area contributed by atoms with E-state index < -0.39 is 16.8 Å². The smallest absolute Gasteiger partial charge is 0.333 e. The largest absolute Gasteiger partial charge is 0.462 e. The van der Waals surface area contributed by atoms with E-state index >= 15 is 0 Å². The highest BCUT2D eigenvalue weighted by Gasteiger charge is 2.42. The van der Waals surface area contributed by atoms with Crippen molar-refractivity contribution < 1.29 is 19.4 Å². The Morgan fingerprint density at radius 2 is 1.62 bits per heavy atom. The molecule has 0 atom stereocenters. The second kappa shape index (κ2) is 7.41. The number of hydrogen-bond donors (Lipinski definition) is 1. The number of esters is 1. The van der Waals surface area contributed by atoms with E-state index in [1.807, 2.05) is 27.7 Å². The van der Waals surface area contributed by atoms with Crippen molar-refractivity contribution in [3.8, 4) is 0 Å². The van der Waals surface area contributed by atoms with E-state index in [1.54, 1.807) is 20.8 Å². The highest BCUT2D eigenvalue weighted by atomic mass is 16.5. The quantitative estimate of drug-likeness (QED) is 0.522. The SMILES string of the molecule is C=C(C)C(=O)OCCC(CC)(CC)OC(C)(C)C(C)(C)O. The maximum absolute atomic E-state index is 11.4. The predicted molar refractivity (Wildman–Crippen MR) is 85.2 cm³/mol. The lowest BCUT2D eigenvalue weighted by Crippen LogP contribution is -2.53. The lowest BCUT2D eigenvalue weighted by molar-refractivity contribution is -0.221. The summed E-state index contributed by atoms with van der Waals surface area (Å²) in [5.41, 5.74) is -1.68. The Balaban J connectivity index is 4.86. The van der Waals surface area contributed by atoms with Crippen molar-refractivity contribution in [2.24, 2.45) is 0 Å². The van der Waals surface area contributed by atoms with Crippen molar-refractivity contribution >= 4 is 5.97 Å². The van der Waals surface area contributed by atoms with Gasteiger partial charge >= 0.3 is 5.97 Å². The minimum atomic E-state index is -0.961. The average Bonchev–Trinajstić information content (AvgIpc) is 2.35. The van der Waals surface area contributed by atoms with Crippen molar-refractivity contribution in [3.05, 3.63) is 12.2 Å². The molecule has 0 aromatic carbocycles. The zero-order valence-electron chi connectivity index (χ0n) is 14.7. The molecule has 0 fully saturated rings. The van der Waals surface area contributed by atoms with E-state index in [-0.39, 0.29) is 12.6 Å². The summed E-state index contributed by atoms with van der Waals surface area (Å²) in [7, 11) is 0. The highest BCUT2D eigenvalue weighted by molar-refractivity contribution is 5.86. The summed E-state index contributed by atoms with van der Waals surface area (Å²) >= 11 is 0. The van der Waals surface area contributed by atoms with Gasteiger partial charge in [-0.15, -0.1) is 0 Å². The molecule has 0 heterocycles.